The van der Waals surface area contributed by atoms with Crippen molar-refractivity contribution in [2.45, 2.75) is 32.6 Å². The molecule has 5 heteroatoms. The van der Waals surface area contributed by atoms with Crippen molar-refractivity contribution in [3.05, 3.63) is 72.2 Å². The van der Waals surface area contributed by atoms with E-state index in [0.717, 1.165) is 24.5 Å². The van der Waals surface area contributed by atoms with Gasteiger partial charge in [0.2, 0.25) is 5.95 Å². The number of nitrogens with zero attached hydrogens (tertiary/aromatic N) is 4. The molecule has 2 aromatic heterocycles. The van der Waals surface area contributed by atoms with Crippen molar-refractivity contribution in [1.29, 1.82) is 0 Å². The molecule has 1 N–H and O–H groups in total. The highest BCUT2D eigenvalue weighted by molar-refractivity contribution is 5.61. The Morgan fingerprint density at radius 3 is 2.44 bits per heavy atom. The van der Waals surface area contributed by atoms with Crippen LogP contribution in [0.15, 0.2) is 61.1 Å². The van der Waals surface area contributed by atoms with Crippen LogP contribution in [0.3, 0.4) is 0 Å². The quantitative estimate of drug-likeness (QED) is 0.696. The number of benzene rings is 1. The molecule has 0 saturated heterocycles. The van der Waals surface area contributed by atoms with Gasteiger partial charge in [0.1, 0.15) is 5.82 Å². The number of para-hydroxylation sites is 1. The first-order chi connectivity index (χ1) is 12.9. The Morgan fingerprint density at radius 2 is 1.70 bits per heavy atom. The first-order valence-corrected chi connectivity index (χ1v) is 9.23. The first-order valence-electron chi connectivity index (χ1n) is 9.23. The van der Waals surface area contributed by atoms with E-state index in [-0.39, 0.29) is 5.41 Å². The fourth-order valence-corrected chi connectivity index (χ4v) is 2.95. The van der Waals surface area contributed by atoms with Gasteiger partial charge in [0, 0.05) is 37.9 Å². The van der Waals surface area contributed by atoms with E-state index < -0.39 is 0 Å². The van der Waals surface area contributed by atoms with Crippen LogP contribution < -0.4 is 10.2 Å². The van der Waals surface area contributed by atoms with E-state index >= 15 is 0 Å². The Labute approximate surface area is 161 Å². The molecular weight excluding hydrogens is 334 g/mol. The van der Waals surface area contributed by atoms with Gasteiger partial charge in [-0.3, -0.25) is 4.98 Å². The predicted molar refractivity (Wildman–Crippen MR) is 112 cm³/mol. The van der Waals surface area contributed by atoms with Crippen molar-refractivity contribution in [3.63, 3.8) is 0 Å². The molecule has 0 spiro atoms. The maximum atomic E-state index is 4.69. The maximum Gasteiger partial charge on any atom is 0.229 e. The van der Waals surface area contributed by atoms with E-state index in [4.69, 9.17) is 4.98 Å². The van der Waals surface area contributed by atoms with Crippen LogP contribution in [0.1, 0.15) is 31.9 Å². The summed E-state index contributed by atoms with van der Waals surface area (Å²) in [6.07, 6.45) is 6.40. The fourth-order valence-electron chi connectivity index (χ4n) is 2.95. The number of nitrogens with one attached hydrogen (secondary N) is 1. The number of likely N-dealkylation sites (N-methyl/N-ethyl adjacent to an activating group) is 1. The predicted octanol–water partition coefficient (Wildman–Crippen LogP) is 4.59. The molecule has 3 aromatic rings. The van der Waals surface area contributed by atoms with Gasteiger partial charge in [0.25, 0.3) is 0 Å². The highest BCUT2D eigenvalue weighted by Gasteiger charge is 2.18. The van der Waals surface area contributed by atoms with E-state index in [1.807, 2.05) is 36.7 Å². The van der Waals surface area contributed by atoms with Gasteiger partial charge in [-0.1, -0.05) is 39.0 Å². The maximum absolute atomic E-state index is 4.69. The zero-order valence-electron chi connectivity index (χ0n) is 16.5. The van der Waals surface area contributed by atoms with Crippen molar-refractivity contribution < 1.29 is 0 Å². The number of hydrogen-bond acceptors (Lipinski definition) is 5. The van der Waals surface area contributed by atoms with Crippen molar-refractivity contribution in [2.24, 2.45) is 0 Å². The Hall–Kier alpha value is -2.95. The van der Waals surface area contributed by atoms with Crippen molar-refractivity contribution in [2.75, 3.05) is 23.8 Å². The standard InChI is InChI=1S/C22H27N5/c1-22(2,3)18-7-5-6-8-19(18)25-21-24-15-11-20(26-21)27(4)16-12-17-9-13-23-14-10-17/h5-11,13-15H,12,16H2,1-4H3,(H,24,25,26). The molecule has 0 unspecified atom stereocenters. The highest BCUT2D eigenvalue weighted by Crippen LogP contribution is 2.30. The molecule has 5 nitrogen and oxygen atoms in total. The van der Waals surface area contributed by atoms with E-state index in [9.17, 15) is 0 Å². The summed E-state index contributed by atoms with van der Waals surface area (Å²) in [5.74, 6) is 1.51. The molecule has 0 aliphatic rings. The molecule has 3 rings (SSSR count). The number of anilines is 3. The summed E-state index contributed by atoms with van der Waals surface area (Å²) in [7, 11) is 2.05. The van der Waals surface area contributed by atoms with Crippen LogP contribution in [0.25, 0.3) is 0 Å². The van der Waals surface area contributed by atoms with Gasteiger partial charge in [-0.15, -0.1) is 0 Å². The van der Waals surface area contributed by atoms with Crippen molar-refractivity contribution in [1.82, 2.24) is 15.0 Å². The largest absolute Gasteiger partial charge is 0.359 e. The second kappa shape index (κ2) is 8.16. The SMILES string of the molecule is CN(CCc1ccncc1)c1ccnc(Nc2ccccc2C(C)(C)C)n1. The van der Waals surface area contributed by atoms with Crippen LogP contribution >= 0.6 is 0 Å². The molecule has 0 aliphatic heterocycles. The molecular formula is C22H27N5. The summed E-state index contributed by atoms with van der Waals surface area (Å²) in [4.78, 5) is 15.3. The summed E-state index contributed by atoms with van der Waals surface area (Å²) >= 11 is 0. The molecule has 0 fully saturated rings. The zero-order chi connectivity index (χ0) is 19.3. The smallest absolute Gasteiger partial charge is 0.229 e. The first kappa shape index (κ1) is 18.8. The Morgan fingerprint density at radius 1 is 0.963 bits per heavy atom. The molecule has 0 amide bonds. The van der Waals surface area contributed by atoms with Crippen LogP contribution in [-0.2, 0) is 11.8 Å². The van der Waals surface area contributed by atoms with Gasteiger partial charge in [0.15, 0.2) is 0 Å². The third kappa shape index (κ3) is 5.03. The summed E-state index contributed by atoms with van der Waals surface area (Å²) in [6, 6.07) is 14.3. The molecule has 0 radical (unpaired) electrons. The zero-order valence-corrected chi connectivity index (χ0v) is 16.5. The van der Waals surface area contributed by atoms with Crippen molar-refractivity contribution in [3.8, 4) is 0 Å². The molecule has 0 atom stereocenters. The number of pyridine rings is 1. The lowest BCUT2D eigenvalue weighted by Crippen LogP contribution is -2.22. The van der Waals surface area contributed by atoms with Gasteiger partial charge < -0.3 is 10.2 Å². The fraction of sp³-hybridized carbons (Fsp3) is 0.318. The Bertz CT molecular complexity index is 871. The van der Waals surface area contributed by atoms with Crippen molar-refractivity contribution >= 4 is 17.5 Å². The van der Waals surface area contributed by atoms with E-state index in [2.05, 4.69) is 66.2 Å². The van der Waals surface area contributed by atoms with Gasteiger partial charge in [-0.2, -0.15) is 4.98 Å². The average Bonchev–Trinajstić information content (AvgIpc) is 2.67. The third-order valence-corrected chi connectivity index (χ3v) is 4.50. The van der Waals surface area contributed by atoms with E-state index in [0.29, 0.717) is 5.95 Å². The molecule has 2 heterocycles. The van der Waals surface area contributed by atoms with Crippen LogP contribution in [0.5, 0.6) is 0 Å². The number of hydrogen-bond donors (Lipinski definition) is 1. The lowest BCUT2D eigenvalue weighted by molar-refractivity contribution is 0.592. The van der Waals surface area contributed by atoms with E-state index in [1.165, 1.54) is 11.1 Å². The topological polar surface area (TPSA) is 53.9 Å². The molecule has 140 valence electrons. The number of aromatic nitrogens is 3. The minimum absolute atomic E-state index is 0.0442. The third-order valence-electron chi connectivity index (χ3n) is 4.50. The summed E-state index contributed by atoms with van der Waals surface area (Å²) < 4.78 is 0. The van der Waals surface area contributed by atoms with Crippen LogP contribution in [-0.4, -0.2) is 28.5 Å². The lowest BCUT2D eigenvalue weighted by atomic mass is 9.86. The minimum Gasteiger partial charge on any atom is -0.359 e. The summed E-state index contributed by atoms with van der Waals surface area (Å²) in [5.41, 5.74) is 3.60. The molecule has 0 bridgehead atoms. The monoisotopic (exact) mass is 361 g/mol. The van der Waals surface area contributed by atoms with Gasteiger partial charge in [-0.05, 0) is 47.2 Å². The summed E-state index contributed by atoms with van der Waals surface area (Å²) in [6.45, 7) is 7.49. The van der Waals surface area contributed by atoms with Crippen LogP contribution in [0, 0.1) is 0 Å². The van der Waals surface area contributed by atoms with Gasteiger partial charge in [0.05, 0.1) is 0 Å². The van der Waals surface area contributed by atoms with Gasteiger partial charge in [-0.25, -0.2) is 4.98 Å². The minimum atomic E-state index is 0.0442. The Balaban J connectivity index is 1.72. The van der Waals surface area contributed by atoms with E-state index in [1.54, 1.807) is 6.20 Å². The lowest BCUT2D eigenvalue weighted by Gasteiger charge is -2.23. The Kier molecular flexibility index (Phi) is 5.69. The second-order valence-corrected chi connectivity index (χ2v) is 7.69. The summed E-state index contributed by atoms with van der Waals surface area (Å²) in [5, 5.41) is 3.39. The molecule has 1 aromatic carbocycles. The average molecular weight is 361 g/mol. The normalized spacial score (nSPS) is 11.3. The second-order valence-electron chi connectivity index (χ2n) is 7.69. The molecule has 27 heavy (non-hydrogen) atoms. The molecule has 0 aliphatic carbocycles. The number of rotatable bonds is 6. The van der Waals surface area contributed by atoms with Gasteiger partial charge >= 0.3 is 0 Å². The van der Waals surface area contributed by atoms with Crippen LogP contribution in [0.4, 0.5) is 17.5 Å². The highest BCUT2D eigenvalue weighted by atomic mass is 15.2. The molecule has 0 saturated carbocycles. The van der Waals surface area contributed by atoms with Crippen LogP contribution in [0.2, 0.25) is 0 Å².